The normalized spacial score (nSPS) is 10.2. The zero-order chi connectivity index (χ0) is 16.1. The number of aryl methyl sites for hydroxylation is 1. The lowest BCUT2D eigenvalue weighted by Crippen LogP contribution is -2.25. The summed E-state index contributed by atoms with van der Waals surface area (Å²) in [5.74, 6) is 1.55. The minimum Gasteiger partial charge on any atom is -0.496 e. The van der Waals surface area contributed by atoms with Crippen molar-refractivity contribution in [2.75, 3.05) is 21.3 Å². The van der Waals surface area contributed by atoms with E-state index in [9.17, 15) is 4.79 Å². The molecule has 118 valence electrons. The van der Waals surface area contributed by atoms with Gasteiger partial charge in [0.2, 0.25) is 0 Å². The predicted molar refractivity (Wildman–Crippen MR) is 80.5 cm³/mol. The minimum absolute atomic E-state index is 0.211. The molecular formula is C15H19N3O4. The van der Waals surface area contributed by atoms with Gasteiger partial charge in [-0.1, -0.05) is 0 Å². The summed E-state index contributed by atoms with van der Waals surface area (Å²) in [7, 11) is 6.39. The van der Waals surface area contributed by atoms with Crippen molar-refractivity contribution in [3.05, 3.63) is 35.7 Å². The van der Waals surface area contributed by atoms with E-state index in [1.165, 1.54) is 4.68 Å². The van der Waals surface area contributed by atoms with Crippen molar-refractivity contribution in [3.63, 3.8) is 0 Å². The van der Waals surface area contributed by atoms with Crippen molar-refractivity contribution < 1.29 is 19.0 Å². The van der Waals surface area contributed by atoms with Gasteiger partial charge < -0.3 is 19.5 Å². The van der Waals surface area contributed by atoms with Crippen molar-refractivity contribution >= 4 is 5.91 Å². The molecule has 0 fully saturated rings. The summed E-state index contributed by atoms with van der Waals surface area (Å²) >= 11 is 0. The van der Waals surface area contributed by atoms with Crippen molar-refractivity contribution in [1.29, 1.82) is 0 Å². The van der Waals surface area contributed by atoms with Crippen LogP contribution in [0.2, 0.25) is 0 Å². The van der Waals surface area contributed by atoms with Gasteiger partial charge in [0.05, 0.1) is 21.3 Å². The SMILES string of the molecule is COc1cc(OC)c(OC)cc1CNC(=O)c1ccnn1C. The van der Waals surface area contributed by atoms with Crippen LogP contribution in [0.3, 0.4) is 0 Å². The Morgan fingerprint density at radius 3 is 2.32 bits per heavy atom. The van der Waals surface area contributed by atoms with Crippen molar-refractivity contribution in [2.45, 2.75) is 6.54 Å². The van der Waals surface area contributed by atoms with E-state index in [0.29, 0.717) is 29.5 Å². The number of aromatic nitrogens is 2. The Morgan fingerprint density at radius 1 is 1.14 bits per heavy atom. The van der Waals surface area contributed by atoms with Gasteiger partial charge in [-0.05, 0) is 12.1 Å². The van der Waals surface area contributed by atoms with E-state index < -0.39 is 0 Å². The van der Waals surface area contributed by atoms with Gasteiger partial charge in [-0.3, -0.25) is 9.48 Å². The number of hydrogen-bond acceptors (Lipinski definition) is 5. The number of benzene rings is 1. The molecule has 7 heteroatoms. The highest BCUT2D eigenvalue weighted by atomic mass is 16.5. The molecule has 1 aromatic carbocycles. The third-order valence-electron chi connectivity index (χ3n) is 3.28. The summed E-state index contributed by atoms with van der Waals surface area (Å²) in [5, 5.41) is 6.80. The van der Waals surface area contributed by atoms with Gasteiger partial charge in [0.1, 0.15) is 11.4 Å². The third kappa shape index (κ3) is 3.13. The van der Waals surface area contributed by atoms with Crippen molar-refractivity contribution in [1.82, 2.24) is 15.1 Å². The minimum atomic E-state index is -0.211. The van der Waals surface area contributed by atoms with E-state index in [0.717, 1.165) is 5.56 Å². The standard InChI is InChI=1S/C15H19N3O4/c1-18-11(5-6-17-18)15(19)16-9-10-7-13(21-3)14(22-4)8-12(10)20-2/h5-8H,9H2,1-4H3,(H,16,19). The molecule has 1 N–H and O–H groups in total. The van der Waals surface area contributed by atoms with E-state index in [-0.39, 0.29) is 5.91 Å². The molecule has 2 rings (SSSR count). The van der Waals surface area contributed by atoms with Crippen LogP contribution in [0.5, 0.6) is 17.2 Å². The Hall–Kier alpha value is -2.70. The molecule has 0 atom stereocenters. The lowest BCUT2D eigenvalue weighted by atomic mass is 10.1. The van der Waals surface area contributed by atoms with Crippen molar-refractivity contribution in [3.8, 4) is 17.2 Å². The number of rotatable bonds is 6. The second kappa shape index (κ2) is 6.84. The van der Waals surface area contributed by atoms with Crippen LogP contribution in [0, 0.1) is 0 Å². The molecule has 1 aromatic heterocycles. The summed E-state index contributed by atoms with van der Waals surface area (Å²) in [6, 6.07) is 5.16. The number of carbonyl (C=O) groups excluding carboxylic acids is 1. The first-order valence-electron chi connectivity index (χ1n) is 6.65. The van der Waals surface area contributed by atoms with E-state index in [1.54, 1.807) is 52.8 Å². The second-order valence-corrected chi connectivity index (χ2v) is 4.54. The summed E-state index contributed by atoms with van der Waals surface area (Å²) in [5.41, 5.74) is 1.27. The van der Waals surface area contributed by atoms with Gasteiger partial charge in [-0.25, -0.2) is 0 Å². The molecule has 0 saturated heterocycles. The summed E-state index contributed by atoms with van der Waals surface area (Å²) < 4.78 is 17.3. The molecular weight excluding hydrogens is 286 g/mol. The van der Waals surface area contributed by atoms with Gasteiger partial charge >= 0.3 is 0 Å². The Balaban J connectivity index is 2.18. The molecule has 0 radical (unpaired) electrons. The number of methoxy groups -OCH3 is 3. The van der Waals surface area contributed by atoms with Crippen LogP contribution < -0.4 is 19.5 Å². The molecule has 0 bridgehead atoms. The quantitative estimate of drug-likeness (QED) is 0.872. The molecule has 0 aliphatic heterocycles. The van der Waals surface area contributed by atoms with Gasteiger partial charge in [-0.2, -0.15) is 5.10 Å². The average molecular weight is 305 g/mol. The number of nitrogens with one attached hydrogen (secondary N) is 1. The third-order valence-corrected chi connectivity index (χ3v) is 3.28. The molecule has 0 aliphatic carbocycles. The van der Waals surface area contributed by atoms with E-state index in [2.05, 4.69) is 10.4 Å². The van der Waals surface area contributed by atoms with Crippen LogP contribution in [0.4, 0.5) is 0 Å². The first kappa shape index (κ1) is 15.7. The number of ether oxygens (including phenoxy) is 3. The smallest absolute Gasteiger partial charge is 0.269 e. The topological polar surface area (TPSA) is 74.6 Å². The summed E-state index contributed by atoms with van der Waals surface area (Å²) in [4.78, 5) is 12.1. The molecule has 0 aliphatic rings. The van der Waals surface area contributed by atoms with E-state index >= 15 is 0 Å². The number of nitrogens with zero attached hydrogens (tertiary/aromatic N) is 2. The molecule has 0 saturated carbocycles. The molecule has 0 spiro atoms. The maximum absolute atomic E-state index is 12.1. The fourth-order valence-electron chi connectivity index (χ4n) is 2.09. The van der Waals surface area contributed by atoms with Crippen LogP contribution in [-0.2, 0) is 13.6 Å². The Kier molecular flexibility index (Phi) is 4.88. The monoisotopic (exact) mass is 305 g/mol. The zero-order valence-electron chi connectivity index (χ0n) is 13.0. The number of amides is 1. The largest absolute Gasteiger partial charge is 0.496 e. The molecule has 22 heavy (non-hydrogen) atoms. The van der Waals surface area contributed by atoms with Gasteiger partial charge in [0.15, 0.2) is 11.5 Å². The van der Waals surface area contributed by atoms with Crippen LogP contribution in [0.15, 0.2) is 24.4 Å². The van der Waals surface area contributed by atoms with E-state index in [1.807, 2.05) is 0 Å². The Bertz CT molecular complexity index is 667. The average Bonchev–Trinajstić information content (AvgIpc) is 2.97. The number of hydrogen-bond donors (Lipinski definition) is 1. The van der Waals surface area contributed by atoms with Crippen LogP contribution in [-0.4, -0.2) is 37.0 Å². The maximum atomic E-state index is 12.1. The molecule has 7 nitrogen and oxygen atoms in total. The van der Waals surface area contributed by atoms with Crippen LogP contribution >= 0.6 is 0 Å². The molecule has 1 amide bonds. The first-order chi connectivity index (χ1) is 10.6. The van der Waals surface area contributed by atoms with Gasteiger partial charge in [0.25, 0.3) is 5.91 Å². The van der Waals surface area contributed by atoms with Crippen LogP contribution in [0.25, 0.3) is 0 Å². The first-order valence-corrected chi connectivity index (χ1v) is 6.65. The predicted octanol–water partition coefficient (Wildman–Crippen LogP) is 1.38. The lowest BCUT2D eigenvalue weighted by molar-refractivity contribution is 0.0941. The fraction of sp³-hybridized carbons (Fsp3) is 0.333. The highest BCUT2D eigenvalue weighted by molar-refractivity contribution is 5.92. The fourth-order valence-corrected chi connectivity index (χ4v) is 2.09. The van der Waals surface area contributed by atoms with E-state index in [4.69, 9.17) is 14.2 Å². The van der Waals surface area contributed by atoms with Gasteiger partial charge in [-0.15, -0.1) is 0 Å². The second-order valence-electron chi connectivity index (χ2n) is 4.54. The lowest BCUT2D eigenvalue weighted by Gasteiger charge is -2.14. The van der Waals surface area contributed by atoms with Crippen molar-refractivity contribution in [2.24, 2.45) is 7.05 Å². The van der Waals surface area contributed by atoms with Crippen LogP contribution in [0.1, 0.15) is 16.1 Å². The maximum Gasteiger partial charge on any atom is 0.269 e. The van der Waals surface area contributed by atoms with Gasteiger partial charge in [0, 0.05) is 31.4 Å². The molecule has 2 aromatic rings. The highest BCUT2D eigenvalue weighted by Crippen LogP contribution is 2.34. The molecule has 0 unspecified atom stereocenters. The summed E-state index contributed by atoms with van der Waals surface area (Å²) in [6.45, 7) is 0.299. The Labute approximate surface area is 128 Å². The highest BCUT2D eigenvalue weighted by Gasteiger charge is 2.14. The number of carbonyl (C=O) groups is 1. The molecule has 1 heterocycles. The zero-order valence-corrected chi connectivity index (χ0v) is 13.0. The Morgan fingerprint density at radius 2 is 1.77 bits per heavy atom. The summed E-state index contributed by atoms with van der Waals surface area (Å²) in [6.07, 6.45) is 1.58.